The summed E-state index contributed by atoms with van der Waals surface area (Å²) in [6.45, 7) is 7.44. The van der Waals surface area contributed by atoms with E-state index in [0.29, 0.717) is 35.8 Å². The molecule has 0 spiro atoms. The van der Waals surface area contributed by atoms with Crippen molar-refractivity contribution in [2.75, 3.05) is 23.7 Å². The van der Waals surface area contributed by atoms with Crippen LogP contribution >= 0.6 is 11.3 Å². The molecule has 0 bridgehead atoms. The van der Waals surface area contributed by atoms with Crippen molar-refractivity contribution in [3.05, 3.63) is 99.9 Å². The van der Waals surface area contributed by atoms with Gasteiger partial charge in [0.05, 0.1) is 5.56 Å². The summed E-state index contributed by atoms with van der Waals surface area (Å²) < 4.78 is 0. The molecule has 5 rings (SSSR count). The fourth-order valence-electron chi connectivity index (χ4n) is 5.01. The van der Waals surface area contributed by atoms with Crippen molar-refractivity contribution in [1.29, 1.82) is 0 Å². The standard InChI is InChI=1S/C32H34N4O2S/c1-21(2)34-30-11-9-26(19-33-30)31(37)35-28-10-4-22(3)29(18-28)32(38)36-15-12-25(13-16-36)23-5-7-24(8-6-23)27-14-17-39-20-27/h4-11,14,17-21,25H,12-13,15-16H2,1-3H3,(H,33,34)(H,35,37). The number of aryl methyl sites for hydroxylation is 1. The van der Waals surface area contributed by atoms with Gasteiger partial charge >= 0.3 is 0 Å². The predicted octanol–water partition coefficient (Wildman–Crippen LogP) is 7.21. The number of thiophene rings is 1. The molecular weight excluding hydrogens is 504 g/mol. The van der Waals surface area contributed by atoms with E-state index in [1.54, 1.807) is 35.7 Å². The lowest BCUT2D eigenvalue weighted by Gasteiger charge is -2.32. The average molecular weight is 539 g/mol. The first-order valence-corrected chi connectivity index (χ1v) is 14.4. The molecular formula is C32H34N4O2S. The first kappa shape index (κ1) is 26.6. The Morgan fingerprint density at radius 1 is 0.974 bits per heavy atom. The van der Waals surface area contributed by atoms with E-state index in [4.69, 9.17) is 0 Å². The number of amides is 2. The van der Waals surface area contributed by atoms with Gasteiger partial charge < -0.3 is 15.5 Å². The van der Waals surface area contributed by atoms with Gasteiger partial charge in [0.15, 0.2) is 0 Å². The number of hydrogen-bond donors (Lipinski definition) is 2. The van der Waals surface area contributed by atoms with Crippen LogP contribution in [-0.2, 0) is 0 Å². The molecule has 2 amide bonds. The lowest BCUT2D eigenvalue weighted by atomic mass is 9.88. The van der Waals surface area contributed by atoms with Crippen LogP contribution in [0.5, 0.6) is 0 Å². The maximum atomic E-state index is 13.5. The van der Waals surface area contributed by atoms with Gasteiger partial charge in [-0.05, 0) is 103 Å². The highest BCUT2D eigenvalue weighted by Gasteiger charge is 2.26. The first-order valence-electron chi connectivity index (χ1n) is 13.4. The Bertz CT molecular complexity index is 1420. The summed E-state index contributed by atoms with van der Waals surface area (Å²) in [5.41, 5.74) is 6.42. The zero-order chi connectivity index (χ0) is 27.4. The highest BCUT2D eigenvalue weighted by molar-refractivity contribution is 7.08. The number of aromatic nitrogens is 1. The number of pyridine rings is 1. The minimum atomic E-state index is -0.258. The fraction of sp³-hybridized carbons (Fsp3) is 0.281. The van der Waals surface area contributed by atoms with E-state index >= 15 is 0 Å². The predicted molar refractivity (Wildman–Crippen MR) is 160 cm³/mol. The molecule has 200 valence electrons. The number of carbonyl (C=O) groups excluding carboxylic acids is 2. The second kappa shape index (κ2) is 11.8. The van der Waals surface area contributed by atoms with Gasteiger partial charge in [0.1, 0.15) is 5.82 Å². The van der Waals surface area contributed by atoms with Crippen molar-refractivity contribution in [1.82, 2.24) is 9.88 Å². The van der Waals surface area contributed by atoms with Gasteiger partial charge in [0.25, 0.3) is 11.8 Å². The summed E-state index contributed by atoms with van der Waals surface area (Å²) in [7, 11) is 0. The Hall–Kier alpha value is -3.97. The number of nitrogens with zero attached hydrogens (tertiary/aromatic N) is 2. The minimum Gasteiger partial charge on any atom is -0.368 e. The Labute approximate surface area is 234 Å². The van der Waals surface area contributed by atoms with Gasteiger partial charge in [0.2, 0.25) is 0 Å². The van der Waals surface area contributed by atoms with E-state index in [0.717, 1.165) is 24.2 Å². The van der Waals surface area contributed by atoms with Crippen LogP contribution in [0.4, 0.5) is 11.5 Å². The van der Waals surface area contributed by atoms with Crippen LogP contribution in [0.1, 0.15) is 64.4 Å². The topological polar surface area (TPSA) is 74.3 Å². The maximum absolute atomic E-state index is 13.5. The van der Waals surface area contributed by atoms with Gasteiger partial charge in [0, 0.05) is 36.6 Å². The van der Waals surface area contributed by atoms with Crippen LogP contribution in [0.25, 0.3) is 11.1 Å². The third-order valence-corrected chi connectivity index (χ3v) is 7.89. The number of anilines is 2. The zero-order valence-electron chi connectivity index (χ0n) is 22.6. The summed E-state index contributed by atoms with van der Waals surface area (Å²) >= 11 is 1.71. The molecule has 0 aliphatic carbocycles. The third kappa shape index (κ3) is 6.37. The van der Waals surface area contributed by atoms with Crippen LogP contribution in [0, 0.1) is 6.92 Å². The van der Waals surface area contributed by atoms with Crippen LogP contribution in [0.15, 0.2) is 77.6 Å². The first-order chi connectivity index (χ1) is 18.9. The SMILES string of the molecule is Cc1ccc(NC(=O)c2ccc(NC(C)C)nc2)cc1C(=O)N1CCC(c2ccc(-c3ccsc3)cc2)CC1. The van der Waals surface area contributed by atoms with E-state index in [1.807, 2.05) is 37.8 Å². The van der Waals surface area contributed by atoms with E-state index in [2.05, 4.69) is 56.7 Å². The van der Waals surface area contributed by atoms with Gasteiger partial charge in [-0.25, -0.2) is 4.98 Å². The monoisotopic (exact) mass is 538 g/mol. The lowest BCUT2D eigenvalue weighted by Crippen LogP contribution is -2.38. The molecule has 1 aliphatic heterocycles. The van der Waals surface area contributed by atoms with Crippen molar-refractivity contribution in [2.45, 2.75) is 45.6 Å². The van der Waals surface area contributed by atoms with Crippen LogP contribution in [-0.4, -0.2) is 40.8 Å². The van der Waals surface area contributed by atoms with Crippen LogP contribution in [0.3, 0.4) is 0 Å². The van der Waals surface area contributed by atoms with Crippen LogP contribution in [0.2, 0.25) is 0 Å². The van der Waals surface area contributed by atoms with Crippen molar-refractivity contribution in [2.24, 2.45) is 0 Å². The molecule has 0 unspecified atom stereocenters. The highest BCUT2D eigenvalue weighted by atomic mass is 32.1. The number of hydrogen-bond acceptors (Lipinski definition) is 5. The number of likely N-dealkylation sites (tertiary alicyclic amines) is 1. The molecule has 39 heavy (non-hydrogen) atoms. The molecule has 0 atom stereocenters. The lowest BCUT2D eigenvalue weighted by molar-refractivity contribution is 0.0712. The Kier molecular flexibility index (Phi) is 8.07. The van der Waals surface area contributed by atoms with Crippen molar-refractivity contribution < 1.29 is 9.59 Å². The summed E-state index contributed by atoms with van der Waals surface area (Å²) in [5, 5.41) is 10.4. The van der Waals surface area contributed by atoms with Crippen molar-refractivity contribution in [3.63, 3.8) is 0 Å². The summed E-state index contributed by atoms with van der Waals surface area (Å²) in [4.78, 5) is 32.5. The number of nitrogens with one attached hydrogen (secondary N) is 2. The molecule has 6 nitrogen and oxygen atoms in total. The summed E-state index contributed by atoms with van der Waals surface area (Å²) in [5.74, 6) is 0.934. The highest BCUT2D eigenvalue weighted by Crippen LogP contribution is 2.31. The third-order valence-electron chi connectivity index (χ3n) is 7.21. The van der Waals surface area contributed by atoms with E-state index in [9.17, 15) is 9.59 Å². The molecule has 2 N–H and O–H groups in total. The zero-order valence-corrected chi connectivity index (χ0v) is 23.4. The van der Waals surface area contributed by atoms with Gasteiger partial charge in [-0.15, -0.1) is 0 Å². The maximum Gasteiger partial charge on any atom is 0.257 e. The minimum absolute atomic E-state index is 0.0145. The molecule has 0 radical (unpaired) electrons. The summed E-state index contributed by atoms with van der Waals surface area (Å²) in [6.07, 6.45) is 3.43. The Morgan fingerprint density at radius 2 is 1.74 bits per heavy atom. The van der Waals surface area contributed by atoms with Crippen LogP contribution < -0.4 is 10.6 Å². The van der Waals surface area contributed by atoms with Crippen molar-refractivity contribution >= 4 is 34.7 Å². The second-order valence-electron chi connectivity index (χ2n) is 10.4. The van der Waals surface area contributed by atoms with Gasteiger partial charge in [-0.1, -0.05) is 30.3 Å². The molecule has 7 heteroatoms. The van der Waals surface area contributed by atoms with E-state index in [1.165, 1.54) is 16.7 Å². The summed E-state index contributed by atoms with van der Waals surface area (Å²) in [6, 6.07) is 20.3. The number of rotatable bonds is 7. The Morgan fingerprint density at radius 3 is 2.38 bits per heavy atom. The molecule has 3 heterocycles. The van der Waals surface area contributed by atoms with E-state index in [-0.39, 0.29) is 17.9 Å². The number of piperidine rings is 1. The fourth-order valence-corrected chi connectivity index (χ4v) is 5.67. The molecule has 1 saturated heterocycles. The molecule has 4 aromatic rings. The quantitative estimate of drug-likeness (QED) is 0.261. The molecule has 0 saturated carbocycles. The molecule has 2 aromatic heterocycles. The molecule has 2 aromatic carbocycles. The Balaban J connectivity index is 1.20. The smallest absolute Gasteiger partial charge is 0.257 e. The molecule has 1 aliphatic rings. The van der Waals surface area contributed by atoms with E-state index < -0.39 is 0 Å². The van der Waals surface area contributed by atoms with Gasteiger partial charge in [-0.2, -0.15) is 11.3 Å². The number of carbonyl (C=O) groups is 2. The number of benzene rings is 2. The van der Waals surface area contributed by atoms with Gasteiger partial charge in [-0.3, -0.25) is 9.59 Å². The van der Waals surface area contributed by atoms with Crippen molar-refractivity contribution in [3.8, 4) is 11.1 Å². The normalized spacial score (nSPS) is 13.9. The second-order valence-corrected chi connectivity index (χ2v) is 11.2. The molecule has 1 fully saturated rings. The average Bonchev–Trinajstić information content (AvgIpc) is 3.49. The largest absolute Gasteiger partial charge is 0.368 e.